The Morgan fingerprint density at radius 3 is 2.88 bits per heavy atom. The van der Waals surface area contributed by atoms with E-state index in [0.29, 0.717) is 18.0 Å². The molecule has 0 N–H and O–H groups in total. The van der Waals surface area contributed by atoms with Gasteiger partial charge in [-0.05, 0) is 30.2 Å². The Morgan fingerprint density at radius 1 is 1.15 bits per heavy atom. The fourth-order valence-corrected chi connectivity index (χ4v) is 3.96. The molecule has 2 atom stereocenters. The number of fused-ring (bicyclic) bond motifs is 1. The van der Waals surface area contributed by atoms with E-state index in [-0.39, 0.29) is 0 Å². The number of nitrogens with zero attached hydrogens (tertiary/aromatic N) is 4. The van der Waals surface area contributed by atoms with Crippen molar-refractivity contribution in [2.45, 2.75) is 31.7 Å². The molecular formula is C20H26N4O2. The fourth-order valence-electron chi connectivity index (χ4n) is 3.96. The van der Waals surface area contributed by atoms with Gasteiger partial charge in [0.2, 0.25) is 5.88 Å². The van der Waals surface area contributed by atoms with Crippen LogP contribution >= 0.6 is 0 Å². The zero-order valence-corrected chi connectivity index (χ0v) is 15.3. The van der Waals surface area contributed by atoms with Crippen LogP contribution in [0.3, 0.4) is 0 Å². The van der Waals surface area contributed by atoms with Crippen LogP contribution in [0.4, 0.5) is 0 Å². The maximum absolute atomic E-state index is 6.07. The molecule has 2 aliphatic rings. The summed E-state index contributed by atoms with van der Waals surface area (Å²) in [6, 6.07) is 10.6. The number of morpholine rings is 1. The Hall–Kier alpha value is -2.02. The van der Waals surface area contributed by atoms with Crippen molar-refractivity contribution in [3.05, 3.63) is 54.0 Å². The monoisotopic (exact) mass is 354 g/mol. The van der Waals surface area contributed by atoms with Crippen LogP contribution in [0, 0.1) is 0 Å². The SMILES string of the molecule is COc1cccc(CN2CC[C@H]3OCCN(Cc4ccncc4)[C@@H]3C2)n1. The molecule has 4 rings (SSSR count). The summed E-state index contributed by atoms with van der Waals surface area (Å²) in [7, 11) is 1.66. The van der Waals surface area contributed by atoms with Gasteiger partial charge in [0.1, 0.15) is 0 Å². The largest absolute Gasteiger partial charge is 0.481 e. The third kappa shape index (κ3) is 4.03. The lowest BCUT2D eigenvalue weighted by molar-refractivity contribution is -0.107. The highest BCUT2D eigenvalue weighted by atomic mass is 16.5. The molecule has 0 saturated carbocycles. The molecule has 2 saturated heterocycles. The first-order valence-electron chi connectivity index (χ1n) is 9.28. The molecule has 2 aromatic heterocycles. The average Bonchev–Trinajstić information content (AvgIpc) is 2.69. The zero-order valence-electron chi connectivity index (χ0n) is 15.3. The molecule has 2 aliphatic heterocycles. The van der Waals surface area contributed by atoms with Gasteiger partial charge < -0.3 is 9.47 Å². The number of methoxy groups -OCH3 is 1. The Bertz CT molecular complexity index is 712. The van der Waals surface area contributed by atoms with Gasteiger partial charge in [0.25, 0.3) is 0 Å². The van der Waals surface area contributed by atoms with Gasteiger partial charge in [-0.3, -0.25) is 14.8 Å². The minimum absolute atomic E-state index is 0.333. The lowest BCUT2D eigenvalue weighted by Gasteiger charge is -2.47. The molecule has 6 heteroatoms. The normalized spacial score (nSPS) is 24.2. The zero-order chi connectivity index (χ0) is 17.8. The topological polar surface area (TPSA) is 50.7 Å². The van der Waals surface area contributed by atoms with Gasteiger partial charge in [-0.1, -0.05) is 6.07 Å². The van der Waals surface area contributed by atoms with Crippen molar-refractivity contribution in [1.82, 2.24) is 19.8 Å². The van der Waals surface area contributed by atoms with Gasteiger partial charge >= 0.3 is 0 Å². The van der Waals surface area contributed by atoms with Gasteiger partial charge in [-0.2, -0.15) is 0 Å². The van der Waals surface area contributed by atoms with Crippen molar-refractivity contribution in [2.75, 3.05) is 33.4 Å². The molecule has 138 valence electrons. The van der Waals surface area contributed by atoms with Crippen LogP contribution in [0.2, 0.25) is 0 Å². The molecule has 0 bridgehead atoms. The van der Waals surface area contributed by atoms with Gasteiger partial charge in [0.15, 0.2) is 0 Å². The van der Waals surface area contributed by atoms with Crippen LogP contribution in [0.5, 0.6) is 5.88 Å². The molecule has 0 spiro atoms. The minimum Gasteiger partial charge on any atom is -0.481 e. The van der Waals surface area contributed by atoms with E-state index in [4.69, 9.17) is 9.47 Å². The average molecular weight is 354 g/mol. The van der Waals surface area contributed by atoms with E-state index in [1.54, 1.807) is 7.11 Å². The number of ether oxygens (including phenoxy) is 2. The number of pyridine rings is 2. The lowest BCUT2D eigenvalue weighted by Crippen LogP contribution is -2.59. The maximum Gasteiger partial charge on any atom is 0.213 e. The van der Waals surface area contributed by atoms with Crippen molar-refractivity contribution in [3.63, 3.8) is 0 Å². The van der Waals surface area contributed by atoms with E-state index < -0.39 is 0 Å². The van der Waals surface area contributed by atoms with Crippen molar-refractivity contribution in [1.29, 1.82) is 0 Å². The highest BCUT2D eigenvalue weighted by Crippen LogP contribution is 2.25. The van der Waals surface area contributed by atoms with Crippen LogP contribution in [0.15, 0.2) is 42.7 Å². The number of likely N-dealkylation sites (tertiary alicyclic amines) is 1. The molecule has 0 amide bonds. The third-order valence-corrected chi connectivity index (χ3v) is 5.29. The summed E-state index contributed by atoms with van der Waals surface area (Å²) >= 11 is 0. The van der Waals surface area contributed by atoms with Crippen molar-refractivity contribution in [3.8, 4) is 5.88 Å². The van der Waals surface area contributed by atoms with Gasteiger partial charge in [0.05, 0.1) is 25.5 Å². The first-order valence-corrected chi connectivity index (χ1v) is 9.28. The Kier molecular flexibility index (Phi) is 5.43. The maximum atomic E-state index is 6.07. The van der Waals surface area contributed by atoms with E-state index >= 15 is 0 Å². The number of hydrogen-bond donors (Lipinski definition) is 0. The number of rotatable bonds is 5. The quantitative estimate of drug-likeness (QED) is 0.818. The third-order valence-electron chi connectivity index (χ3n) is 5.29. The minimum atomic E-state index is 0.333. The summed E-state index contributed by atoms with van der Waals surface area (Å²) in [4.78, 5) is 13.7. The van der Waals surface area contributed by atoms with Crippen LogP contribution in [-0.4, -0.2) is 65.3 Å². The van der Waals surface area contributed by atoms with Gasteiger partial charge in [0, 0.05) is 57.2 Å². The van der Waals surface area contributed by atoms with Crippen LogP contribution in [0.25, 0.3) is 0 Å². The molecule has 2 aromatic rings. The highest BCUT2D eigenvalue weighted by Gasteiger charge is 2.37. The predicted molar refractivity (Wildman–Crippen MR) is 98.9 cm³/mol. The van der Waals surface area contributed by atoms with E-state index in [9.17, 15) is 0 Å². The molecule has 0 radical (unpaired) electrons. The van der Waals surface area contributed by atoms with Gasteiger partial charge in [-0.25, -0.2) is 4.98 Å². The second-order valence-corrected chi connectivity index (χ2v) is 7.00. The summed E-state index contributed by atoms with van der Waals surface area (Å²) in [5.74, 6) is 0.678. The second kappa shape index (κ2) is 8.12. The molecule has 2 fully saturated rings. The summed E-state index contributed by atoms with van der Waals surface area (Å²) in [6.07, 6.45) is 5.14. The highest BCUT2D eigenvalue weighted by molar-refractivity contribution is 5.16. The molecule has 0 unspecified atom stereocenters. The van der Waals surface area contributed by atoms with E-state index in [1.807, 2.05) is 24.5 Å². The Morgan fingerprint density at radius 2 is 2.04 bits per heavy atom. The molecular weight excluding hydrogens is 328 g/mol. The van der Waals surface area contributed by atoms with Crippen LogP contribution in [-0.2, 0) is 17.8 Å². The molecule has 6 nitrogen and oxygen atoms in total. The second-order valence-electron chi connectivity index (χ2n) is 7.00. The Labute approximate surface area is 154 Å². The van der Waals surface area contributed by atoms with Crippen LogP contribution in [0.1, 0.15) is 17.7 Å². The fraction of sp³-hybridized carbons (Fsp3) is 0.500. The van der Waals surface area contributed by atoms with E-state index in [2.05, 4.69) is 38.0 Å². The first-order chi connectivity index (χ1) is 12.8. The summed E-state index contributed by atoms with van der Waals surface area (Å²) in [6.45, 7) is 5.66. The van der Waals surface area contributed by atoms with Crippen molar-refractivity contribution < 1.29 is 9.47 Å². The smallest absolute Gasteiger partial charge is 0.213 e. The Balaban J connectivity index is 1.43. The summed E-state index contributed by atoms with van der Waals surface area (Å²) in [5, 5.41) is 0. The van der Waals surface area contributed by atoms with Crippen LogP contribution < -0.4 is 4.74 Å². The summed E-state index contributed by atoms with van der Waals surface area (Å²) in [5.41, 5.74) is 2.37. The van der Waals surface area contributed by atoms with Crippen molar-refractivity contribution >= 4 is 0 Å². The van der Waals surface area contributed by atoms with E-state index in [1.165, 1.54) is 5.56 Å². The molecule has 26 heavy (non-hydrogen) atoms. The molecule has 0 aromatic carbocycles. The van der Waals surface area contributed by atoms with Gasteiger partial charge in [-0.15, -0.1) is 0 Å². The van der Waals surface area contributed by atoms with Crippen molar-refractivity contribution in [2.24, 2.45) is 0 Å². The number of aromatic nitrogens is 2. The van der Waals surface area contributed by atoms with E-state index in [0.717, 1.165) is 51.4 Å². The standard InChI is InChI=1S/C20H26N4O2/c1-25-20-4-2-3-17(22-20)14-23-10-7-19-18(15-23)24(11-12-26-19)13-16-5-8-21-9-6-16/h2-6,8-9,18-19H,7,10-15H2,1H3/t18-,19-/m1/s1. The molecule has 4 heterocycles. The lowest BCUT2D eigenvalue weighted by atomic mass is 9.98. The number of hydrogen-bond acceptors (Lipinski definition) is 6. The number of piperidine rings is 1. The first kappa shape index (κ1) is 17.4. The summed E-state index contributed by atoms with van der Waals surface area (Å²) < 4.78 is 11.3. The molecule has 0 aliphatic carbocycles. The predicted octanol–water partition coefficient (Wildman–Crippen LogP) is 1.96.